The Morgan fingerprint density at radius 2 is 1.83 bits per heavy atom. The molecule has 0 spiro atoms. The topological polar surface area (TPSA) is 151 Å². The lowest BCUT2D eigenvalue weighted by molar-refractivity contribution is -0.384. The minimum absolute atomic E-state index is 0.0412. The van der Waals surface area contributed by atoms with Crippen LogP contribution in [0.1, 0.15) is 35.7 Å². The summed E-state index contributed by atoms with van der Waals surface area (Å²) in [6.45, 7) is 2.08. The average Bonchev–Trinajstić information content (AvgIpc) is 3.46. The minimum atomic E-state index is -1.38. The molecule has 2 aliphatic rings. The van der Waals surface area contributed by atoms with Gasteiger partial charge in [-0.2, -0.15) is 5.01 Å². The predicted molar refractivity (Wildman–Crippen MR) is 122 cm³/mol. The molecular weight excluding hydrogens is 458 g/mol. The first-order chi connectivity index (χ1) is 16.7. The molecule has 2 saturated heterocycles. The normalized spacial score (nSPS) is 19.5. The van der Waals surface area contributed by atoms with Crippen LogP contribution in [0.2, 0.25) is 0 Å². The van der Waals surface area contributed by atoms with Crippen LogP contribution in [0.25, 0.3) is 0 Å². The Morgan fingerprint density at radius 1 is 1.14 bits per heavy atom. The van der Waals surface area contributed by atoms with E-state index in [4.69, 9.17) is 4.74 Å². The van der Waals surface area contributed by atoms with Crippen LogP contribution in [0.5, 0.6) is 0 Å². The summed E-state index contributed by atoms with van der Waals surface area (Å²) in [5.74, 6) is -2.56. The van der Waals surface area contributed by atoms with Crippen molar-refractivity contribution in [3.63, 3.8) is 0 Å². The van der Waals surface area contributed by atoms with Crippen molar-refractivity contribution < 1.29 is 28.8 Å². The minimum Gasteiger partial charge on any atom is -0.452 e. The van der Waals surface area contributed by atoms with E-state index in [-0.39, 0.29) is 11.3 Å². The number of nitrogens with zero attached hydrogens (tertiary/aromatic N) is 3. The van der Waals surface area contributed by atoms with Crippen LogP contribution >= 0.6 is 0 Å². The van der Waals surface area contributed by atoms with E-state index >= 15 is 0 Å². The van der Waals surface area contributed by atoms with Gasteiger partial charge < -0.3 is 15.0 Å². The second-order valence-electron chi connectivity index (χ2n) is 8.33. The molecule has 2 heterocycles. The maximum Gasteiger partial charge on any atom is 0.344 e. The van der Waals surface area contributed by atoms with Crippen LogP contribution in [0.4, 0.5) is 16.2 Å². The molecule has 182 valence electrons. The fourth-order valence-corrected chi connectivity index (χ4v) is 4.11. The monoisotopic (exact) mass is 481 g/mol. The number of amides is 4. The lowest BCUT2D eigenvalue weighted by Gasteiger charge is -2.22. The van der Waals surface area contributed by atoms with Gasteiger partial charge in [0.05, 0.1) is 16.2 Å². The number of hydrazine groups is 1. The van der Waals surface area contributed by atoms with Gasteiger partial charge in [0.1, 0.15) is 5.54 Å². The molecule has 1 atom stereocenters. The molecule has 4 amide bonds. The molecule has 0 saturated carbocycles. The first-order valence-corrected chi connectivity index (χ1v) is 10.9. The molecule has 4 rings (SSSR count). The Kier molecular flexibility index (Phi) is 6.36. The molecule has 2 aromatic rings. The SMILES string of the molecule is C[C@]1(c2ccccc2)NC(=O)N(NC(=O)COC(=O)c2cc([N+](=O)[O-])ccc2N2CCCC2)C1=O. The van der Waals surface area contributed by atoms with Crippen molar-refractivity contribution in [3.05, 3.63) is 69.8 Å². The van der Waals surface area contributed by atoms with Crippen molar-refractivity contribution in [1.82, 2.24) is 15.8 Å². The highest BCUT2D eigenvalue weighted by Gasteiger charge is 2.50. The van der Waals surface area contributed by atoms with E-state index in [1.807, 2.05) is 4.90 Å². The summed E-state index contributed by atoms with van der Waals surface area (Å²) >= 11 is 0. The molecule has 35 heavy (non-hydrogen) atoms. The van der Waals surface area contributed by atoms with E-state index < -0.39 is 40.9 Å². The Morgan fingerprint density at radius 3 is 2.49 bits per heavy atom. The number of carbonyl (C=O) groups is 4. The Hall–Kier alpha value is -4.48. The Balaban J connectivity index is 1.43. The van der Waals surface area contributed by atoms with Gasteiger partial charge in [-0.1, -0.05) is 30.3 Å². The maximum atomic E-state index is 12.9. The molecule has 12 heteroatoms. The third-order valence-corrected chi connectivity index (χ3v) is 5.97. The number of esters is 1. The molecule has 0 bridgehead atoms. The lowest BCUT2D eigenvalue weighted by atomic mass is 9.92. The quantitative estimate of drug-likeness (QED) is 0.263. The molecule has 2 aromatic carbocycles. The van der Waals surface area contributed by atoms with E-state index in [2.05, 4.69) is 10.7 Å². The highest BCUT2D eigenvalue weighted by Crippen LogP contribution is 2.29. The predicted octanol–water partition coefficient (Wildman–Crippen LogP) is 1.85. The summed E-state index contributed by atoms with van der Waals surface area (Å²) in [4.78, 5) is 62.9. The molecule has 0 aliphatic carbocycles. The number of imide groups is 1. The lowest BCUT2D eigenvalue weighted by Crippen LogP contribution is -2.49. The largest absolute Gasteiger partial charge is 0.452 e. The van der Waals surface area contributed by atoms with Gasteiger partial charge in [0.15, 0.2) is 6.61 Å². The number of rotatable bonds is 7. The highest BCUT2D eigenvalue weighted by molar-refractivity contribution is 6.08. The molecule has 2 fully saturated rings. The third kappa shape index (κ3) is 4.63. The Labute approximate surface area is 199 Å². The van der Waals surface area contributed by atoms with Gasteiger partial charge in [-0.15, -0.1) is 0 Å². The standard InChI is InChI=1S/C23H23N5O7/c1-23(15-7-3-2-4-8-15)21(31)27(22(32)24-23)25-19(29)14-35-20(30)17-13-16(28(33)34)9-10-18(17)26-11-5-6-12-26/h2-4,7-10,13H,5-6,11-12,14H2,1H3,(H,24,32)(H,25,29)/t23-/m1/s1. The first kappa shape index (κ1) is 23.7. The van der Waals surface area contributed by atoms with Crippen LogP contribution in [0.15, 0.2) is 48.5 Å². The van der Waals surface area contributed by atoms with Crippen LogP contribution in [-0.2, 0) is 19.9 Å². The van der Waals surface area contributed by atoms with E-state index in [9.17, 15) is 29.3 Å². The van der Waals surface area contributed by atoms with Gasteiger partial charge in [0.25, 0.3) is 17.5 Å². The van der Waals surface area contributed by atoms with Crippen LogP contribution in [-0.4, -0.2) is 53.4 Å². The average molecular weight is 481 g/mol. The van der Waals surface area contributed by atoms with Crippen molar-refractivity contribution >= 4 is 35.2 Å². The van der Waals surface area contributed by atoms with Gasteiger partial charge in [-0.25, -0.2) is 9.59 Å². The molecular formula is C23H23N5O7. The van der Waals surface area contributed by atoms with Gasteiger partial charge in [-0.3, -0.25) is 25.1 Å². The fourth-order valence-electron chi connectivity index (χ4n) is 4.11. The number of anilines is 1. The third-order valence-electron chi connectivity index (χ3n) is 5.97. The molecule has 2 aliphatic heterocycles. The molecule has 12 nitrogen and oxygen atoms in total. The van der Waals surface area contributed by atoms with Gasteiger partial charge in [-0.05, 0) is 31.4 Å². The summed E-state index contributed by atoms with van der Waals surface area (Å²) in [7, 11) is 0. The number of nitro groups is 1. The van der Waals surface area contributed by atoms with Crippen molar-refractivity contribution in [2.45, 2.75) is 25.3 Å². The number of hydrogen-bond acceptors (Lipinski definition) is 8. The number of urea groups is 1. The second kappa shape index (κ2) is 9.41. The van der Waals surface area contributed by atoms with Crippen molar-refractivity contribution in [1.29, 1.82) is 0 Å². The number of benzene rings is 2. The summed E-state index contributed by atoms with van der Waals surface area (Å²) in [6.07, 6.45) is 1.84. The number of carbonyl (C=O) groups excluding carboxylic acids is 4. The summed E-state index contributed by atoms with van der Waals surface area (Å²) in [5, 5.41) is 14.3. The van der Waals surface area contributed by atoms with Gasteiger partial charge in [0, 0.05) is 25.2 Å². The fraction of sp³-hybridized carbons (Fsp3) is 0.304. The molecule has 0 aromatic heterocycles. The zero-order valence-electron chi connectivity index (χ0n) is 18.9. The van der Waals surface area contributed by atoms with Gasteiger partial charge >= 0.3 is 12.0 Å². The zero-order valence-corrected chi connectivity index (χ0v) is 18.9. The van der Waals surface area contributed by atoms with E-state index in [0.717, 1.165) is 18.9 Å². The second-order valence-corrected chi connectivity index (χ2v) is 8.33. The maximum absolute atomic E-state index is 12.9. The first-order valence-electron chi connectivity index (χ1n) is 10.9. The smallest absolute Gasteiger partial charge is 0.344 e. The Bertz CT molecular complexity index is 1200. The van der Waals surface area contributed by atoms with Crippen LogP contribution < -0.4 is 15.6 Å². The summed E-state index contributed by atoms with van der Waals surface area (Å²) in [6, 6.07) is 11.6. The van der Waals surface area contributed by atoms with E-state index in [0.29, 0.717) is 29.3 Å². The molecule has 0 unspecified atom stereocenters. The number of nitrogens with one attached hydrogen (secondary N) is 2. The molecule has 0 radical (unpaired) electrons. The van der Waals surface area contributed by atoms with E-state index in [1.54, 1.807) is 30.3 Å². The number of nitro benzene ring substituents is 1. The van der Waals surface area contributed by atoms with E-state index in [1.165, 1.54) is 19.1 Å². The summed E-state index contributed by atoms with van der Waals surface area (Å²) < 4.78 is 5.07. The summed E-state index contributed by atoms with van der Waals surface area (Å²) in [5.41, 5.74) is 1.45. The van der Waals surface area contributed by atoms with Crippen molar-refractivity contribution in [2.75, 3.05) is 24.6 Å². The van der Waals surface area contributed by atoms with Crippen LogP contribution in [0.3, 0.4) is 0 Å². The zero-order chi connectivity index (χ0) is 25.2. The number of non-ortho nitro benzene ring substituents is 1. The van der Waals surface area contributed by atoms with Crippen LogP contribution in [0, 0.1) is 10.1 Å². The number of ether oxygens (including phenoxy) is 1. The number of hydrogen-bond donors (Lipinski definition) is 2. The van der Waals surface area contributed by atoms with Gasteiger partial charge in [0.2, 0.25) is 0 Å². The molecule has 2 N–H and O–H groups in total. The highest BCUT2D eigenvalue weighted by atomic mass is 16.6. The van der Waals surface area contributed by atoms with Crippen molar-refractivity contribution in [3.8, 4) is 0 Å². The van der Waals surface area contributed by atoms with Crippen molar-refractivity contribution in [2.24, 2.45) is 0 Å².